The summed E-state index contributed by atoms with van der Waals surface area (Å²) in [5, 5.41) is 15.0. The number of para-hydroxylation sites is 1. The third kappa shape index (κ3) is 4.18. The lowest BCUT2D eigenvalue weighted by atomic mass is 10.1. The summed E-state index contributed by atoms with van der Waals surface area (Å²) in [5.41, 5.74) is 3.00. The quantitative estimate of drug-likeness (QED) is 0.549. The molecule has 3 N–H and O–H groups in total. The van der Waals surface area contributed by atoms with E-state index in [-0.39, 0.29) is 6.04 Å². The standard InChI is InChI=1S/C22H31N7O/c1-14(2)18-13-24-29-20(18)27-21(26-16-8-7-11-23-12-16)28-22(29)25-15(3)17-9-5-6-10-19(17)30-4/h5-6,9-10,13-16,23H,7-8,11-12H2,1-4H3,(H2,25,26,27,28)/t15-,16+/m0/s1. The van der Waals surface area contributed by atoms with Crippen molar-refractivity contribution in [3.63, 3.8) is 0 Å². The normalized spacial score (nSPS) is 17.8. The van der Waals surface area contributed by atoms with Crippen molar-refractivity contribution < 1.29 is 4.74 Å². The van der Waals surface area contributed by atoms with E-state index in [9.17, 15) is 0 Å². The Balaban J connectivity index is 1.69. The van der Waals surface area contributed by atoms with Crippen LogP contribution in [0.15, 0.2) is 30.5 Å². The second-order valence-corrected chi connectivity index (χ2v) is 8.16. The van der Waals surface area contributed by atoms with Crippen LogP contribution in [0.1, 0.15) is 56.7 Å². The molecule has 0 unspecified atom stereocenters. The Morgan fingerprint density at radius 3 is 2.73 bits per heavy atom. The first-order valence-electron chi connectivity index (χ1n) is 10.7. The molecule has 0 aliphatic carbocycles. The third-order valence-electron chi connectivity index (χ3n) is 5.60. The highest BCUT2D eigenvalue weighted by Gasteiger charge is 2.20. The highest BCUT2D eigenvalue weighted by Crippen LogP contribution is 2.28. The molecular formula is C22H31N7O. The minimum atomic E-state index is -0.0184. The van der Waals surface area contributed by atoms with Gasteiger partial charge in [0.1, 0.15) is 5.75 Å². The molecule has 1 fully saturated rings. The van der Waals surface area contributed by atoms with Crippen LogP contribution in [0.3, 0.4) is 0 Å². The summed E-state index contributed by atoms with van der Waals surface area (Å²) in [6.07, 6.45) is 4.15. The first-order valence-corrected chi connectivity index (χ1v) is 10.7. The molecule has 2 atom stereocenters. The molecule has 3 heterocycles. The fraction of sp³-hybridized carbons (Fsp3) is 0.500. The highest BCUT2D eigenvalue weighted by molar-refractivity contribution is 5.56. The summed E-state index contributed by atoms with van der Waals surface area (Å²) in [5.74, 6) is 2.46. The number of ether oxygens (including phenoxy) is 1. The second-order valence-electron chi connectivity index (χ2n) is 8.16. The van der Waals surface area contributed by atoms with Gasteiger partial charge in [-0.1, -0.05) is 32.0 Å². The van der Waals surface area contributed by atoms with Crippen LogP contribution in [-0.2, 0) is 0 Å². The van der Waals surface area contributed by atoms with Crippen molar-refractivity contribution >= 4 is 17.5 Å². The molecule has 0 amide bonds. The van der Waals surface area contributed by atoms with Gasteiger partial charge in [-0.25, -0.2) is 0 Å². The lowest BCUT2D eigenvalue weighted by Gasteiger charge is -2.24. The number of nitrogens with zero attached hydrogens (tertiary/aromatic N) is 4. The van der Waals surface area contributed by atoms with E-state index in [0.29, 0.717) is 23.9 Å². The van der Waals surface area contributed by atoms with Crippen LogP contribution >= 0.6 is 0 Å². The summed E-state index contributed by atoms with van der Waals surface area (Å²) in [6.45, 7) is 8.40. The summed E-state index contributed by atoms with van der Waals surface area (Å²) in [6, 6.07) is 8.32. The van der Waals surface area contributed by atoms with Crippen molar-refractivity contribution in [1.82, 2.24) is 24.9 Å². The van der Waals surface area contributed by atoms with E-state index in [1.807, 2.05) is 24.4 Å². The van der Waals surface area contributed by atoms with Gasteiger partial charge in [-0.3, -0.25) is 0 Å². The SMILES string of the molecule is COc1ccccc1[C@H](C)Nc1nc(N[C@@H]2CCCNC2)nc2c(C(C)C)cnn12. The summed E-state index contributed by atoms with van der Waals surface area (Å²) in [7, 11) is 1.69. The predicted molar refractivity (Wildman–Crippen MR) is 119 cm³/mol. The zero-order chi connectivity index (χ0) is 21.1. The van der Waals surface area contributed by atoms with Crippen molar-refractivity contribution in [1.29, 1.82) is 0 Å². The second kappa shape index (κ2) is 8.87. The van der Waals surface area contributed by atoms with Crippen LogP contribution in [0.25, 0.3) is 5.65 Å². The molecular weight excluding hydrogens is 378 g/mol. The number of rotatable bonds is 7. The van der Waals surface area contributed by atoms with Gasteiger partial charge < -0.3 is 20.7 Å². The smallest absolute Gasteiger partial charge is 0.229 e. The van der Waals surface area contributed by atoms with Crippen molar-refractivity contribution in [2.24, 2.45) is 0 Å². The van der Waals surface area contributed by atoms with Crippen LogP contribution in [0.5, 0.6) is 5.75 Å². The average molecular weight is 410 g/mol. The van der Waals surface area contributed by atoms with Gasteiger partial charge in [0.05, 0.1) is 19.3 Å². The topological polar surface area (TPSA) is 88.4 Å². The molecule has 0 bridgehead atoms. The number of piperidine rings is 1. The molecule has 1 aliphatic heterocycles. The van der Waals surface area contributed by atoms with Gasteiger partial charge in [0.2, 0.25) is 11.9 Å². The van der Waals surface area contributed by atoms with Crippen LogP contribution in [0.2, 0.25) is 0 Å². The van der Waals surface area contributed by atoms with Gasteiger partial charge in [0, 0.05) is 23.7 Å². The first-order chi connectivity index (χ1) is 14.6. The predicted octanol–water partition coefficient (Wildman–Crippen LogP) is 3.59. The monoisotopic (exact) mass is 409 g/mol. The number of benzene rings is 1. The molecule has 0 spiro atoms. The minimum Gasteiger partial charge on any atom is -0.496 e. The Bertz CT molecular complexity index is 994. The maximum Gasteiger partial charge on any atom is 0.229 e. The molecule has 0 radical (unpaired) electrons. The molecule has 30 heavy (non-hydrogen) atoms. The van der Waals surface area contributed by atoms with Crippen LogP contribution in [0.4, 0.5) is 11.9 Å². The zero-order valence-corrected chi connectivity index (χ0v) is 18.1. The van der Waals surface area contributed by atoms with Crippen molar-refractivity contribution in [2.75, 3.05) is 30.8 Å². The third-order valence-corrected chi connectivity index (χ3v) is 5.60. The lowest BCUT2D eigenvalue weighted by Crippen LogP contribution is -2.39. The van der Waals surface area contributed by atoms with Gasteiger partial charge in [0.25, 0.3) is 0 Å². The largest absolute Gasteiger partial charge is 0.496 e. The molecule has 8 nitrogen and oxygen atoms in total. The number of anilines is 2. The minimum absolute atomic E-state index is 0.0184. The molecule has 3 aromatic rings. The van der Waals surface area contributed by atoms with E-state index in [0.717, 1.165) is 48.5 Å². The van der Waals surface area contributed by atoms with Crippen molar-refractivity contribution in [3.05, 3.63) is 41.6 Å². The Kier molecular flexibility index (Phi) is 6.03. The molecule has 8 heteroatoms. The van der Waals surface area contributed by atoms with Crippen molar-refractivity contribution in [3.8, 4) is 5.75 Å². The zero-order valence-electron chi connectivity index (χ0n) is 18.1. The van der Waals surface area contributed by atoms with Crippen molar-refractivity contribution in [2.45, 2.75) is 51.6 Å². The summed E-state index contributed by atoms with van der Waals surface area (Å²) in [4.78, 5) is 9.60. The van der Waals surface area contributed by atoms with Crippen LogP contribution in [-0.4, -0.2) is 45.8 Å². The Hall–Kier alpha value is -2.87. The number of hydrogen-bond donors (Lipinski definition) is 3. The highest BCUT2D eigenvalue weighted by atomic mass is 16.5. The van der Waals surface area contributed by atoms with Gasteiger partial charge in [-0.05, 0) is 38.3 Å². The van der Waals surface area contributed by atoms with Gasteiger partial charge in [-0.2, -0.15) is 19.6 Å². The maximum absolute atomic E-state index is 5.54. The Morgan fingerprint density at radius 1 is 1.17 bits per heavy atom. The Morgan fingerprint density at radius 2 is 2.00 bits per heavy atom. The lowest BCUT2D eigenvalue weighted by molar-refractivity contribution is 0.408. The fourth-order valence-corrected chi connectivity index (χ4v) is 3.91. The van der Waals surface area contributed by atoms with Gasteiger partial charge in [-0.15, -0.1) is 0 Å². The average Bonchev–Trinajstić information content (AvgIpc) is 3.19. The number of hydrogen-bond acceptors (Lipinski definition) is 7. The maximum atomic E-state index is 5.54. The van der Waals surface area contributed by atoms with E-state index >= 15 is 0 Å². The molecule has 2 aromatic heterocycles. The fourth-order valence-electron chi connectivity index (χ4n) is 3.91. The van der Waals surface area contributed by atoms with Crippen LogP contribution < -0.4 is 20.7 Å². The summed E-state index contributed by atoms with van der Waals surface area (Å²) < 4.78 is 7.33. The summed E-state index contributed by atoms with van der Waals surface area (Å²) >= 11 is 0. The first kappa shape index (κ1) is 20.4. The molecule has 1 aromatic carbocycles. The van der Waals surface area contributed by atoms with Crippen LogP contribution in [0, 0.1) is 0 Å². The number of aromatic nitrogens is 4. The van der Waals surface area contributed by atoms with E-state index in [2.05, 4.69) is 47.9 Å². The van der Waals surface area contributed by atoms with E-state index in [4.69, 9.17) is 14.7 Å². The Labute approximate surface area is 177 Å². The molecule has 160 valence electrons. The number of methoxy groups -OCH3 is 1. The number of fused-ring (bicyclic) bond motifs is 1. The molecule has 0 saturated carbocycles. The van der Waals surface area contributed by atoms with Gasteiger partial charge in [0.15, 0.2) is 5.65 Å². The van der Waals surface area contributed by atoms with E-state index < -0.39 is 0 Å². The molecule has 1 aliphatic rings. The van der Waals surface area contributed by atoms with E-state index in [1.54, 1.807) is 11.6 Å². The number of nitrogens with one attached hydrogen (secondary N) is 3. The molecule has 4 rings (SSSR count). The van der Waals surface area contributed by atoms with Gasteiger partial charge >= 0.3 is 0 Å². The van der Waals surface area contributed by atoms with E-state index in [1.165, 1.54) is 0 Å². The molecule has 1 saturated heterocycles.